The van der Waals surface area contributed by atoms with Gasteiger partial charge in [-0.2, -0.15) is 0 Å². The highest BCUT2D eigenvalue weighted by atomic mass is 16.5. The van der Waals surface area contributed by atoms with Gasteiger partial charge in [0, 0.05) is 17.7 Å². The van der Waals surface area contributed by atoms with Crippen LogP contribution < -0.4 is 5.32 Å². The van der Waals surface area contributed by atoms with E-state index < -0.39 is 0 Å². The van der Waals surface area contributed by atoms with Crippen molar-refractivity contribution in [2.75, 3.05) is 5.32 Å². The lowest BCUT2D eigenvalue weighted by Gasteiger charge is -2.19. The molecule has 1 amide bonds. The highest BCUT2D eigenvalue weighted by Gasteiger charge is 2.29. The minimum atomic E-state index is -0.176. The summed E-state index contributed by atoms with van der Waals surface area (Å²) < 4.78 is 5.25. The molecule has 1 aromatic carbocycles. The fraction of sp³-hybridized carbons (Fsp3) is 0.412. The van der Waals surface area contributed by atoms with E-state index in [1.807, 2.05) is 12.1 Å². The fourth-order valence-electron chi connectivity index (χ4n) is 3.04. The summed E-state index contributed by atoms with van der Waals surface area (Å²) in [5, 5.41) is 6.90. The van der Waals surface area contributed by atoms with E-state index in [1.165, 1.54) is 24.0 Å². The second-order valence-electron chi connectivity index (χ2n) is 5.99. The van der Waals surface area contributed by atoms with Crippen molar-refractivity contribution < 1.29 is 9.32 Å². The maximum atomic E-state index is 12.3. The van der Waals surface area contributed by atoms with Crippen LogP contribution in [0.3, 0.4) is 0 Å². The monoisotopic (exact) mass is 282 g/mol. The number of amides is 1. The second kappa shape index (κ2) is 5.02. The third-order valence-electron chi connectivity index (χ3n) is 4.38. The molecule has 0 bridgehead atoms. The molecule has 1 aromatic heterocycles. The zero-order valence-corrected chi connectivity index (χ0v) is 11.9. The van der Waals surface area contributed by atoms with Gasteiger partial charge in [-0.15, -0.1) is 0 Å². The van der Waals surface area contributed by atoms with Gasteiger partial charge in [0.25, 0.3) is 5.91 Å². The molecular formula is C17H18N2O2. The summed E-state index contributed by atoms with van der Waals surface area (Å²) in [5.74, 6) is 1.14. The van der Waals surface area contributed by atoms with Gasteiger partial charge in [-0.1, -0.05) is 17.3 Å². The third-order valence-corrected chi connectivity index (χ3v) is 4.38. The average molecular weight is 282 g/mol. The van der Waals surface area contributed by atoms with E-state index >= 15 is 0 Å². The Hall–Kier alpha value is -2.10. The number of rotatable bonds is 3. The van der Waals surface area contributed by atoms with Gasteiger partial charge in [0.05, 0.1) is 0 Å². The van der Waals surface area contributed by atoms with Crippen molar-refractivity contribution in [3.05, 3.63) is 46.8 Å². The number of hydrogen-bond acceptors (Lipinski definition) is 3. The molecule has 0 spiro atoms. The summed E-state index contributed by atoms with van der Waals surface area (Å²) in [4.78, 5) is 12.3. The normalized spacial score (nSPS) is 17.3. The average Bonchev–Trinajstić information content (AvgIpc) is 3.25. The van der Waals surface area contributed by atoms with Crippen molar-refractivity contribution in [1.29, 1.82) is 0 Å². The minimum Gasteiger partial charge on any atom is -0.360 e. The molecule has 0 atom stereocenters. The van der Waals surface area contributed by atoms with Crippen molar-refractivity contribution in [2.24, 2.45) is 0 Å². The molecule has 2 aliphatic carbocycles. The van der Waals surface area contributed by atoms with Gasteiger partial charge in [-0.25, -0.2) is 0 Å². The van der Waals surface area contributed by atoms with Crippen LogP contribution in [0.1, 0.15) is 59.0 Å². The Morgan fingerprint density at radius 3 is 2.95 bits per heavy atom. The van der Waals surface area contributed by atoms with Crippen LogP contribution in [0, 0.1) is 0 Å². The molecule has 1 N–H and O–H groups in total. The summed E-state index contributed by atoms with van der Waals surface area (Å²) in [5.41, 5.74) is 3.94. The van der Waals surface area contributed by atoms with Crippen molar-refractivity contribution >= 4 is 11.6 Å². The van der Waals surface area contributed by atoms with Gasteiger partial charge >= 0.3 is 0 Å². The number of fused-ring (bicyclic) bond motifs is 1. The predicted octanol–water partition coefficient (Wildman–Crippen LogP) is 3.68. The SMILES string of the molecule is O=C(Nc1cccc2c1CCCC2)c1cc(C2CC2)on1. The summed E-state index contributed by atoms with van der Waals surface area (Å²) in [6.45, 7) is 0. The number of aryl methyl sites for hydroxylation is 1. The van der Waals surface area contributed by atoms with Crippen LogP contribution in [0.15, 0.2) is 28.8 Å². The zero-order chi connectivity index (χ0) is 14.2. The van der Waals surface area contributed by atoms with Gasteiger partial charge in [0.15, 0.2) is 5.69 Å². The summed E-state index contributed by atoms with van der Waals surface area (Å²) in [6.07, 6.45) is 6.85. The molecule has 4 heteroatoms. The standard InChI is InChI=1S/C17H18N2O2/c20-17(15-10-16(21-19-15)12-8-9-12)18-14-7-3-5-11-4-1-2-6-13(11)14/h3,5,7,10,12H,1-2,4,6,8-9H2,(H,18,20). The third kappa shape index (κ3) is 2.46. The van der Waals surface area contributed by atoms with E-state index in [2.05, 4.69) is 16.5 Å². The summed E-state index contributed by atoms with van der Waals surface area (Å²) >= 11 is 0. The van der Waals surface area contributed by atoms with Crippen LogP contribution in [0.2, 0.25) is 0 Å². The first kappa shape index (κ1) is 12.6. The molecule has 1 heterocycles. The first-order valence-electron chi connectivity index (χ1n) is 7.70. The van der Waals surface area contributed by atoms with Crippen molar-refractivity contribution in [2.45, 2.75) is 44.4 Å². The van der Waals surface area contributed by atoms with Crippen molar-refractivity contribution in [1.82, 2.24) is 5.16 Å². The highest BCUT2D eigenvalue weighted by Crippen LogP contribution is 2.40. The number of anilines is 1. The Kier molecular flexibility index (Phi) is 3.02. The van der Waals surface area contributed by atoms with Crippen molar-refractivity contribution in [3.8, 4) is 0 Å². The Morgan fingerprint density at radius 2 is 2.10 bits per heavy atom. The quantitative estimate of drug-likeness (QED) is 0.934. The Morgan fingerprint density at radius 1 is 1.24 bits per heavy atom. The maximum Gasteiger partial charge on any atom is 0.277 e. The zero-order valence-electron chi connectivity index (χ0n) is 11.9. The molecule has 108 valence electrons. The lowest BCUT2D eigenvalue weighted by molar-refractivity contribution is 0.101. The Balaban J connectivity index is 1.56. The van der Waals surface area contributed by atoms with Gasteiger partial charge in [-0.05, 0) is 55.7 Å². The lowest BCUT2D eigenvalue weighted by Crippen LogP contribution is -2.15. The number of nitrogens with zero attached hydrogens (tertiary/aromatic N) is 1. The predicted molar refractivity (Wildman–Crippen MR) is 79.5 cm³/mol. The molecule has 0 aliphatic heterocycles. The van der Waals surface area contributed by atoms with E-state index in [0.717, 1.165) is 37.1 Å². The number of aromatic nitrogens is 1. The topological polar surface area (TPSA) is 55.1 Å². The largest absolute Gasteiger partial charge is 0.360 e. The minimum absolute atomic E-state index is 0.176. The molecule has 2 aromatic rings. The van der Waals surface area contributed by atoms with Crippen LogP contribution >= 0.6 is 0 Å². The molecule has 1 saturated carbocycles. The first-order chi connectivity index (χ1) is 10.3. The van der Waals surface area contributed by atoms with Crippen LogP contribution in [0.4, 0.5) is 5.69 Å². The molecule has 2 aliphatic rings. The van der Waals surface area contributed by atoms with Crippen molar-refractivity contribution in [3.63, 3.8) is 0 Å². The van der Waals surface area contributed by atoms with E-state index in [-0.39, 0.29) is 5.91 Å². The molecule has 21 heavy (non-hydrogen) atoms. The van der Waals surface area contributed by atoms with Crippen LogP contribution in [-0.2, 0) is 12.8 Å². The van der Waals surface area contributed by atoms with Crippen LogP contribution in [-0.4, -0.2) is 11.1 Å². The molecule has 0 radical (unpaired) electrons. The molecule has 4 nitrogen and oxygen atoms in total. The lowest BCUT2D eigenvalue weighted by atomic mass is 9.90. The number of carbonyl (C=O) groups is 1. The van der Waals surface area contributed by atoms with E-state index in [0.29, 0.717) is 11.6 Å². The maximum absolute atomic E-state index is 12.3. The first-order valence-corrected chi connectivity index (χ1v) is 7.70. The second-order valence-corrected chi connectivity index (χ2v) is 5.99. The Bertz CT molecular complexity index is 686. The van der Waals surface area contributed by atoms with Crippen LogP contribution in [0.5, 0.6) is 0 Å². The van der Waals surface area contributed by atoms with E-state index in [4.69, 9.17) is 4.52 Å². The van der Waals surface area contributed by atoms with Gasteiger partial charge in [0.1, 0.15) is 5.76 Å². The number of hydrogen-bond donors (Lipinski definition) is 1. The summed E-state index contributed by atoms with van der Waals surface area (Å²) in [6, 6.07) is 7.93. The highest BCUT2D eigenvalue weighted by molar-refractivity contribution is 6.03. The molecule has 4 rings (SSSR count). The van der Waals surface area contributed by atoms with E-state index in [1.54, 1.807) is 6.07 Å². The van der Waals surface area contributed by atoms with Crippen LogP contribution in [0.25, 0.3) is 0 Å². The molecular weight excluding hydrogens is 264 g/mol. The smallest absolute Gasteiger partial charge is 0.277 e. The number of carbonyl (C=O) groups excluding carboxylic acids is 1. The van der Waals surface area contributed by atoms with E-state index in [9.17, 15) is 4.79 Å². The molecule has 0 saturated heterocycles. The van der Waals surface area contributed by atoms with Gasteiger partial charge in [0.2, 0.25) is 0 Å². The fourth-order valence-corrected chi connectivity index (χ4v) is 3.04. The molecule has 0 unspecified atom stereocenters. The summed E-state index contributed by atoms with van der Waals surface area (Å²) in [7, 11) is 0. The van der Waals surface area contributed by atoms with Gasteiger partial charge in [-0.3, -0.25) is 4.79 Å². The number of benzene rings is 1. The number of nitrogens with one attached hydrogen (secondary N) is 1. The molecule has 1 fully saturated rings. The Labute approximate surface area is 123 Å². The van der Waals surface area contributed by atoms with Gasteiger partial charge < -0.3 is 9.84 Å².